The third kappa shape index (κ3) is 2.51. The van der Waals surface area contributed by atoms with Crippen LogP contribution in [0.1, 0.15) is 17.6 Å². The molecule has 0 fully saturated rings. The summed E-state index contributed by atoms with van der Waals surface area (Å²) in [6.45, 7) is 0. The summed E-state index contributed by atoms with van der Waals surface area (Å²) in [5.74, 6) is -0.0706. The number of rotatable bonds is 2. The molecule has 1 aromatic rings. The van der Waals surface area contributed by atoms with E-state index >= 15 is 0 Å². The number of nitrogens with zero attached hydrogens (tertiary/aromatic N) is 1. The van der Waals surface area contributed by atoms with E-state index in [-0.39, 0.29) is 26.8 Å². The van der Waals surface area contributed by atoms with Crippen LogP contribution in [0.2, 0.25) is 5.15 Å². The molecule has 0 N–H and O–H groups in total. The number of pyridine rings is 1. The van der Waals surface area contributed by atoms with E-state index in [2.05, 4.69) is 20.9 Å². The summed E-state index contributed by atoms with van der Waals surface area (Å²) in [4.78, 5) is 3.75. The zero-order valence-electron chi connectivity index (χ0n) is 6.20. The minimum atomic E-state index is -2.59. The predicted molar refractivity (Wildman–Crippen MR) is 51.5 cm³/mol. The van der Waals surface area contributed by atoms with Crippen molar-refractivity contribution in [1.29, 1.82) is 0 Å². The van der Waals surface area contributed by atoms with E-state index < -0.39 is 6.43 Å². The first-order valence-electron chi connectivity index (χ1n) is 3.25. The molecule has 1 heterocycles. The molecule has 0 saturated carbocycles. The van der Waals surface area contributed by atoms with Crippen LogP contribution >= 0.6 is 39.1 Å². The quantitative estimate of drug-likeness (QED) is 0.588. The van der Waals surface area contributed by atoms with Gasteiger partial charge in [0.05, 0.1) is 5.88 Å². The van der Waals surface area contributed by atoms with Gasteiger partial charge in [0.25, 0.3) is 6.43 Å². The van der Waals surface area contributed by atoms with Crippen molar-refractivity contribution in [2.75, 3.05) is 0 Å². The monoisotopic (exact) mass is 289 g/mol. The van der Waals surface area contributed by atoms with Gasteiger partial charge in [0.2, 0.25) is 0 Å². The van der Waals surface area contributed by atoms with E-state index in [0.29, 0.717) is 0 Å². The molecular weight excluding hydrogens is 287 g/mol. The Balaban J connectivity index is 3.29. The molecule has 0 atom stereocenters. The van der Waals surface area contributed by atoms with Crippen LogP contribution in [0.25, 0.3) is 0 Å². The van der Waals surface area contributed by atoms with Crippen molar-refractivity contribution in [3.05, 3.63) is 26.9 Å². The van der Waals surface area contributed by atoms with Crippen molar-refractivity contribution in [2.45, 2.75) is 12.3 Å². The Labute approximate surface area is 92.2 Å². The largest absolute Gasteiger partial charge is 0.264 e. The lowest BCUT2D eigenvalue weighted by Gasteiger charge is -2.07. The fraction of sp³-hybridized carbons (Fsp3) is 0.286. The molecule has 0 amide bonds. The lowest BCUT2D eigenvalue weighted by molar-refractivity contribution is 0.150. The Morgan fingerprint density at radius 1 is 1.54 bits per heavy atom. The summed E-state index contributed by atoms with van der Waals surface area (Å²) in [5, 5.41) is 0.0136. The van der Waals surface area contributed by atoms with E-state index in [0.717, 1.165) is 0 Å². The number of hydrogen-bond acceptors (Lipinski definition) is 1. The molecule has 1 nitrogen and oxygen atoms in total. The van der Waals surface area contributed by atoms with E-state index in [1.54, 1.807) is 0 Å². The lowest BCUT2D eigenvalue weighted by Crippen LogP contribution is -1.96. The summed E-state index contributed by atoms with van der Waals surface area (Å²) < 4.78 is 25.1. The van der Waals surface area contributed by atoms with Gasteiger partial charge in [-0.1, -0.05) is 11.6 Å². The molecule has 1 rings (SSSR count). The zero-order valence-corrected chi connectivity index (χ0v) is 9.30. The molecule has 0 aliphatic rings. The summed E-state index contributed by atoms with van der Waals surface area (Å²) in [6, 6.07) is 1.22. The fourth-order valence-electron chi connectivity index (χ4n) is 0.855. The van der Waals surface area contributed by atoms with Crippen LogP contribution in [0.15, 0.2) is 10.7 Å². The molecule has 0 spiro atoms. The fourth-order valence-corrected chi connectivity index (χ4v) is 2.00. The highest BCUT2D eigenvalue weighted by molar-refractivity contribution is 9.10. The highest BCUT2D eigenvalue weighted by Crippen LogP contribution is 2.30. The predicted octanol–water partition coefficient (Wildman–Crippen LogP) is 4.17. The van der Waals surface area contributed by atoms with Gasteiger partial charge in [-0.05, 0) is 22.0 Å². The molecule has 0 radical (unpaired) electrons. The van der Waals surface area contributed by atoms with Crippen LogP contribution in [0.3, 0.4) is 0 Å². The number of halogens is 5. The second-order valence-corrected chi connectivity index (χ2v) is 3.68. The van der Waals surface area contributed by atoms with Gasteiger partial charge >= 0.3 is 0 Å². The molecule has 0 bridgehead atoms. The first kappa shape index (κ1) is 11.1. The van der Waals surface area contributed by atoms with E-state index in [4.69, 9.17) is 23.2 Å². The molecule has 0 saturated heterocycles. The number of hydrogen-bond donors (Lipinski definition) is 0. The molecule has 0 aliphatic carbocycles. The maximum atomic E-state index is 12.4. The van der Waals surface area contributed by atoms with Gasteiger partial charge in [-0.25, -0.2) is 13.8 Å². The van der Waals surface area contributed by atoms with Crippen molar-refractivity contribution < 1.29 is 8.78 Å². The van der Waals surface area contributed by atoms with Crippen molar-refractivity contribution >= 4 is 39.1 Å². The number of aromatic nitrogens is 1. The topological polar surface area (TPSA) is 12.9 Å². The van der Waals surface area contributed by atoms with Crippen LogP contribution in [0.5, 0.6) is 0 Å². The van der Waals surface area contributed by atoms with Crippen LogP contribution in [-0.2, 0) is 5.88 Å². The van der Waals surface area contributed by atoms with Crippen LogP contribution in [-0.4, -0.2) is 4.98 Å². The van der Waals surface area contributed by atoms with Crippen molar-refractivity contribution in [2.24, 2.45) is 0 Å². The Kier molecular flexibility index (Phi) is 3.88. The molecule has 0 unspecified atom stereocenters. The first-order valence-corrected chi connectivity index (χ1v) is 4.95. The van der Waals surface area contributed by atoms with Gasteiger partial charge in [0.15, 0.2) is 0 Å². The average Bonchev–Trinajstić information content (AvgIpc) is 2.02. The van der Waals surface area contributed by atoms with E-state index in [9.17, 15) is 8.78 Å². The van der Waals surface area contributed by atoms with Gasteiger partial charge in [0, 0.05) is 11.1 Å². The zero-order chi connectivity index (χ0) is 10.0. The van der Waals surface area contributed by atoms with Crippen molar-refractivity contribution in [3.8, 4) is 0 Å². The standard InChI is InChI=1S/C7H4BrCl2F2N/c8-5-1-3(7(11)12)4(2-9)6(10)13-5/h1,7H,2H2. The maximum absolute atomic E-state index is 12.4. The van der Waals surface area contributed by atoms with Crippen LogP contribution in [0.4, 0.5) is 8.78 Å². The minimum Gasteiger partial charge on any atom is -0.229 e. The average molecular weight is 291 g/mol. The Hall–Kier alpha value is 0.0700. The third-order valence-electron chi connectivity index (χ3n) is 1.45. The summed E-state index contributed by atoms with van der Waals surface area (Å²) in [7, 11) is 0. The highest BCUT2D eigenvalue weighted by Gasteiger charge is 2.16. The van der Waals surface area contributed by atoms with Gasteiger partial charge < -0.3 is 0 Å². The third-order valence-corrected chi connectivity index (χ3v) is 2.43. The van der Waals surface area contributed by atoms with Crippen LogP contribution < -0.4 is 0 Å². The second kappa shape index (κ2) is 4.53. The van der Waals surface area contributed by atoms with Crippen LogP contribution in [0, 0.1) is 0 Å². The maximum Gasteiger partial charge on any atom is 0.264 e. The molecular formula is C7H4BrCl2F2N. The summed E-state index contributed by atoms with van der Waals surface area (Å²) >= 11 is 14.1. The van der Waals surface area contributed by atoms with Gasteiger partial charge in [-0.3, -0.25) is 0 Å². The normalized spacial score (nSPS) is 10.9. The van der Waals surface area contributed by atoms with Gasteiger partial charge in [-0.2, -0.15) is 0 Å². The van der Waals surface area contributed by atoms with Crippen molar-refractivity contribution in [1.82, 2.24) is 4.98 Å². The van der Waals surface area contributed by atoms with E-state index in [1.807, 2.05) is 0 Å². The molecule has 6 heteroatoms. The molecule has 1 aromatic heterocycles. The lowest BCUT2D eigenvalue weighted by atomic mass is 10.2. The molecule has 72 valence electrons. The molecule has 0 aliphatic heterocycles. The molecule has 13 heavy (non-hydrogen) atoms. The Morgan fingerprint density at radius 2 is 2.15 bits per heavy atom. The first-order chi connectivity index (χ1) is 6.06. The second-order valence-electron chi connectivity index (χ2n) is 2.24. The molecule has 0 aromatic carbocycles. The van der Waals surface area contributed by atoms with E-state index in [1.165, 1.54) is 6.07 Å². The van der Waals surface area contributed by atoms with Gasteiger partial charge in [-0.15, -0.1) is 11.6 Å². The SMILES string of the molecule is FC(F)c1cc(Br)nc(Cl)c1CCl. The minimum absolute atomic E-state index is 0.0136. The highest BCUT2D eigenvalue weighted by atomic mass is 79.9. The van der Waals surface area contributed by atoms with Crippen molar-refractivity contribution in [3.63, 3.8) is 0 Å². The summed E-state index contributed by atoms with van der Waals surface area (Å²) in [5.41, 5.74) is 0.00316. The Bertz CT molecular complexity index is 320. The van der Waals surface area contributed by atoms with Gasteiger partial charge in [0.1, 0.15) is 9.76 Å². The summed E-state index contributed by atoms with van der Waals surface area (Å²) in [6.07, 6.45) is -2.59. The number of alkyl halides is 3. The Morgan fingerprint density at radius 3 is 2.62 bits per heavy atom. The smallest absolute Gasteiger partial charge is 0.229 e.